The first-order valence-electron chi connectivity index (χ1n) is 8.00. The number of halogens is 1. The van der Waals surface area contributed by atoms with Crippen molar-refractivity contribution in [3.63, 3.8) is 0 Å². The Labute approximate surface area is 157 Å². The molecule has 0 aromatic heterocycles. The number of benzene rings is 2. The van der Waals surface area contributed by atoms with E-state index in [0.29, 0.717) is 23.6 Å². The molecule has 0 heterocycles. The maximum atomic E-state index is 12.6. The molecule has 0 spiro atoms. The molecule has 0 bridgehead atoms. The Morgan fingerprint density at radius 2 is 1.88 bits per heavy atom. The standard InChI is InChI=1S/C20H22BrNO3/c1-13(2)12-24-17-8-6-16(7-9-17)22-20(23)18-11-15(21)5-10-19(18)25-14(3)4/h5-11,14H,1,12H2,2-4H3,(H,22,23). The fourth-order valence-corrected chi connectivity index (χ4v) is 2.44. The van der Waals surface area contributed by atoms with E-state index in [-0.39, 0.29) is 12.0 Å². The van der Waals surface area contributed by atoms with Gasteiger partial charge in [0.2, 0.25) is 0 Å². The summed E-state index contributed by atoms with van der Waals surface area (Å²) in [7, 11) is 0. The number of ether oxygens (including phenoxy) is 2. The van der Waals surface area contributed by atoms with E-state index < -0.39 is 0 Å². The summed E-state index contributed by atoms with van der Waals surface area (Å²) in [5, 5.41) is 2.88. The second-order valence-electron chi connectivity index (χ2n) is 6.03. The van der Waals surface area contributed by atoms with Gasteiger partial charge in [0.15, 0.2) is 0 Å². The summed E-state index contributed by atoms with van der Waals surface area (Å²) in [5.74, 6) is 1.05. The van der Waals surface area contributed by atoms with Crippen LogP contribution in [-0.4, -0.2) is 18.6 Å². The van der Waals surface area contributed by atoms with Crippen molar-refractivity contribution in [3.8, 4) is 11.5 Å². The molecule has 132 valence electrons. The van der Waals surface area contributed by atoms with Crippen LogP contribution < -0.4 is 14.8 Å². The maximum Gasteiger partial charge on any atom is 0.259 e. The van der Waals surface area contributed by atoms with Gasteiger partial charge in [-0.2, -0.15) is 0 Å². The van der Waals surface area contributed by atoms with Crippen LogP contribution in [0.3, 0.4) is 0 Å². The number of carbonyl (C=O) groups excluding carboxylic acids is 1. The quantitative estimate of drug-likeness (QED) is 0.625. The Morgan fingerprint density at radius 1 is 1.20 bits per heavy atom. The van der Waals surface area contributed by atoms with Crippen molar-refractivity contribution in [3.05, 3.63) is 64.7 Å². The van der Waals surface area contributed by atoms with E-state index in [1.165, 1.54) is 0 Å². The van der Waals surface area contributed by atoms with Crippen molar-refractivity contribution in [2.24, 2.45) is 0 Å². The summed E-state index contributed by atoms with van der Waals surface area (Å²) in [6, 6.07) is 12.6. The Bertz CT molecular complexity index is 754. The zero-order valence-electron chi connectivity index (χ0n) is 14.6. The second kappa shape index (κ2) is 8.72. The second-order valence-corrected chi connectivity index (χ2v) is 6.95. The summed E-state index contributed by atoms with van der Waals surface area (Å²) < 4.78 is 12.1. The van der Waals surface area contributed by atoms with Crippen molar-refractivity contribution in [2.45, 2.75) is 26.9 Å². The predicted molar refractivity (Wildman–Crippen MR) is 105 cm³/mol. The van der Waals surface area contributed by atoms with Gasteiger partial charge < -0.3 is 14.8 Å². The molecule has 0 saturated carbocycles. The minimum atomic E-state index is -0.229. The molecule has 0 atom stereocenters. The van der Waals surface area contributed by atoms with Gasteiger partial charge in [-0.25, -0.2) is 0 Å². The lowest BCUT2D eigenvalue weighted by molar-refractivity contribution is 0.102. The average Bonchev–Trinajstić information content (AvgIpc) is 2.55. The van der Waals surface area contributed by atoms with Gasteiger partial charge in [-0.3, -0.25) is 4.79 Å². The maximum absolute atomic E-state index is 12.6. The van der Waals surface area contributed by atoms with Gasteiger partial charge in [0.05, 0.1) is 11.7 Å². The topological polar surface area (TPSA) is 47.6 Å². The summed E-state index contributed by atoms with van der Waals surface area (Å²) in [5.41, 5.74) is 2.11. The highest BCUT2D eigenvalue weighted by Gasteiger charge is 2.14. The van der Waals surface area contributed by atoms with Crippen LogP contribution >= 0.6 is 15.9 Å². The summed E-state index contributed by atoms with van der Waals surface area (Å²) in [6.07, 6.45) is -0.0162. The molecule has 25 heavy (non-hydrogen) atoms. The molecule has 1 N–H and O–H groups in total. The van der Waals surface area contributed by atoms with E-state index in [2.05, 4.69) is 27.8 Å². The lowest BCUT2D eigenvalue weighted by Gasteiger charge is -2.15. The van der Waals surface area contributed by atoms with Gasteiger partial charge in [-0.1, -0.05) is 22.5 Å². The molecule has 2 aromatic carbocycles. The van der Waals surface area contributed by atoms with Gasteiger partial charge >= 0.3 is 0 Å². The first-order valence-corrected chi connectivity index (χ1v) is 8.79. The molecule has 4 nitrogen and oxygen atoms in total. The van der Waals surface area contributed by atoms with Crippen LogP contribution in [0.2, 0.25) is 0 Å². The minimum Gasteiger partial charge on any atom is -0.490 e. The third-order valence-corrected chi connectivity index (χ3v) is 3.64. The highest BCUT2D eigenvalue weighted by Crippen LogP contribution is 2.26. The van der Waals surface area contributed by atoms with Crippen molar-refractivity contribution < 1.29 is 14.3 Å². The number of rotatable bonds is 7. The van der Waals surface area contributed by atoms with Crippen LogP contribution in [0.15, 0.2) is 59.1 Å². The van der Waals surface area contributed by atoms with Crippen LogP contribution in [0.1, 0.15) is 31.1 Å². The molecule has 0 saturated heterocycles. The molecule has 0 radical (unpaired) electrons. The fraction of sp³-hybridized carbons (Fsp3) is 0.250. The lowest BCUT2D eigenvalue weighted by Crippen LogP contribution is -2.15. The largest absolute Gasteiger partial charge is 0.490 e. The number of hydrogen-bond donors (Lipinski definition) is 1. The smallest absolute Gasteiger partial charge is 0.259 e. The Balaban J connectivity index is 2.11. The Kier molecular flexibility index (Phi) is 6.65. The highest BCUT2D eigenvalue weighted by atomic mass is 79.9. The van der Waals surface area contributed by atoms with Crippen LogP contribution in [0, 0.1) is 0 Å². The number of hydrogen-bond acceptors (Lipinski definition) is 3. The van der Waals surface area contributed by atoms with E-state index >= 15 is 0 Å². The van der Waals surface area contributed by atoms with Crippen molar-refractivity contribution in [1.29, 1.82) is 0 Å². The van der Waals surface area contributed by atoms with E-state index in [1.807, 2.05) is 39.0 Å². The van der Waals surface area contributed by atoms with Crippen molar-refractivity contribution >= 4 is 27.5 Å². The van der Waals surface area contributed by atoms with Crippen molar-refractivity contribution in [1.82, 2.24) is 0 Å². The number of amides is 1. The third kappa shape index (κ3) is 5.94. The van der Waals surface area contributed by atoms with Crippen LogP contribution in [0.5, 0.6) is 11.5 Å². The van der Waals surface area contributed by atoms with Crippen molar-refractivity contribution in [2.75, 3.05) is 11.9 Å². The normalized spacial score (nSPS) is 10.4. The predicted octanol–water partition coefficient (Wildman–Crippen LogP) is 5.44. The van der Waals surface area contributed by atoms with Crippen LogP contribution in [0.4, 0.5) is 5.69 Å². The average molecular weight is 404 g/mol. The molecule has 2 rings (SSSR count). The molecule has 2 aromatic rings. The molecular formula is C20H22BrNO3. The van der Waals surface area contributed by atoms with Gasteiger partial charge in [0.1, 0.15) is 18.1 Å². The Hall–Kier alpha value is -2.27. The van der Waals surface area contributed by atoms with Crippen LogP contribution in [-0.2, 0) is 0 Å². The molecule has 0 aliphatic carbocycles. The van der Waals surface area contributed by atoms with Gasteiger partial charge in [0, 0.05) is 10.2 Å². The van der Waals surface area contributed by atoms with E-state index in [1.54, 1.807) is 24.3 Å². The van der Waals surface area contributed by atoms with E-state index in [4.69, 9.17) is 9.47 Å². The molecule has 0 unspecified atom stereocenters. The van der Waals surface area contributed by atoms with Gasteiger partial charge in [0.25, 0.3) is 5.91 Å². The van der Waals surface area contributed by atoms with Crippen LogP contribution in [0.25, 0.3) is 0 Å². The molecule has 0 aliphatic heterocycles. The first kappa shape index (κ1) is 19.1. The molecule has 1 amide bonds. The number of anilines is 1. The number of nitrogens with one attached hydrogen (secondary N) is 1. The molecule has 0 fully saturated rings. The summed E-state index contributed by atoms with van der Waals surface area (Å²) in [4.78, 5) is 12.6. The zero-order chi connectivity index (χ0) is 18.4. The third-order valence-electron chi connectivity index (χ3n) is 3.15. The summed E-state index contributed by atoms with van der Waals surface area (Å²) in [6.45, 7) is 10.0. The molecular weight excluding hydrogens is 382 g/mol. The van der Waals surface area contributed by atoms with E-state index in [9.17, 15) is 4.79 Å². The molecule has 5 heteroatoms. The van der Waals surface area contributed by atoms with Gasteiger partial charge in [-0.15, -0.1) is 0 Å². The Morgan fingerprint density at radius 3 is 2.48 bits per heavy atom. The highest BCUT2D eigenvalue weighted by molar-refractivity contribution is 9.10. The number of carbonyl (C=O) groups is 1. The van der Waals surface area contributed by atoms with E-state index in [0.717, 1.165) is 15.8 Å². The monoisotopic (exact) mass is 403 g/mol. The lowest BCUT2D eigenvalue weighted by atomic mass is 10.1. The zero-order valence-corrected chi connectivity index (χ0v) is 16.2. The fourth-order valence-electron chi connectivity index (χ4n) is 2.08. The SMILES string of the molecule is C=C(C)COc1ccc(NC(=O)c2cc(Br)ccc2OC(C)C)cc1. The van der Waals surface area contributed by atoms with Gasteiger partial charge in [-0.05, 0) is 68.8 Å². The molecule has 0 aliphatic rings. The minimum absolute atomic E-state index is 0.0162. The summed E-state index contributed by atoms with van der Waals surface area (Å²) >= 11 is 3.40. The first-order chi connectivity index (χ1) is 11.8.